The Kier molecular flexibility index (Phi) is 4.30. The Labute approximate surface area is 127 Å². The summed E-state index contributed by atoms with van der Waals surface area (Å²) in [6.07, 6.45) is 1.56. The molecule has 2 N–H and O–H groups in total. The van der Waals surface area contributed by atoms with Crippen LogP contribution in [0.2, 0.25) is 0 Å². The zero-order valence-corrected chi connectivity index (χ0v) is 13.0. The number of alkyl halides is 2. The highest BCUT2D eigenvalue weighted by Gasteiger charge is 2.56. The fraction of sp³-hybridized carbons (Fsp3) is 0.417. The molecule has 0 radical (unpaired) electrons. The second-order valence-corrected chi connectivity index (χ2v) is 8.17. The van der Waals surface area contributed by atoms with Crippen molar-refractivity contribution in [2.24, 2.45) is 5.92 Å². The minimum absolute atomic E-state index is 0.210. The molecule has 2 rings (SSSR count). The van der Waals surface area contributed by atoms with E-state index in [1.807, 2.05) is 0 Å². The Bertz CT molecular complexity index is 614. The molecule has 1 aromatic rings. The number of benzene rings is 1. The summed E-state index contributed by atoms with van der Waals surface area (Å²) in [5.41, 5.74) is 1.41. The molecule has 1 amide bonds. The largest absolute Gasteiger partial charge is 0.326 e. The molecular formula is C12H14Cl2N2O3S. The molecule has 1 fully saturated rings. The topological polar surface area (TPSA) is 75.3 Å². The van der Waals surface area contributed by atoms with Gasteiger partial charge in [0.25, 0.3) is 0 Å². The summed E-state index contributed by atoms with van der Waals surface area (Å²) in [5, 5.41) is 2.71. The van der Waals surface area contributed by atoms with Crippen molar-refractivity contribution in [3.05, 3.63) is 29.8 Å². The molecule has 0 saturated heterocycles. The summed E-state index contributed by atoms with van der Waals surface area (Å²) in [5.74, 6) is -0.588. The van der Waals surface area contributed by atoms with Gasteiger partial charge in [-0.3, -0.25) is 4.79 Å². The highest BCUT2D eigenvalue weighted by molar-refractivity contribution is 7.88. The molecule has 1 saturated carbocycles. The number of sulfonamides is 1. The van der Waals surface area contributed by atoms with Gasteiger partial charge in [0, 0.05) is 12.2 Å². The summed E-state index contributed by atoms with van der Waals surface area (Å²) >= 11 is 11.6. The SMILES string of the molecule is CS(=O)(=O)NCc1ccc(NC(=O)[C@H]2CC2(Cl)Cl)cc1. The minimum atomic E-state index is -3.22. The fourth-order valence-corrected chi connectivity index (χ4v) is 2.58. The van der Waals surface area contributed by atoms with Crippen molar-refractivity contribution in [3.63, 3.8) is 0 Å². The Balaban J connectivity index is 1.90. The highest BCUT2D eigenvalue weighted by atomic mass is 35.5. The predicted octanol–water partition coefficient (Wildman–Crippen LogP) is 1.87. The van der Waals surface area contributed by atoms with E-state index in [2.05, 4.69) is 10.0 Å². The first-order valence-corrected chi connectivity index (χ1v) is 8.54. The molecule has 1 aliphatic rings. The second-order valence-electron chi connectivity index (χ2n) is 4.80. The lowest BCUT2D eigenvalue weighted by Gasteiger charge is -2.07. The number of rotatable bonds is 5. The first kappa shape index (κ1) is 15.6. The summed E-state index contributed by atoms with van der Waals surface area (Å²) in [4.78, 5) is 11.8. The van der Waals surface area contributed by atoms with Gasteiger partial charge in [0.1, 0.15) is 4.33 Å². The van der Waals surface area contributed by atoms with E-state index in [1.165, 1.54) is 0 Å². The van der Waals surface area contributed by atoms with Gasteiger partial charge in [-0.2, -0.15) is 0 Å². The fourth-order valence-electron chi connectivity index (χ4n) is 1.65. The molecule has 0 aromatic heterocycles. The summed E-state index contributed by atoms with van der Waals surface area (Å²) in [6, 6.07) is 6.86. The molecule has 1 aliphatic carbocycles. The first-order valence-electron chi connectivity index (χ1n) is 5.90. The van der Waals surface area contributed by atoms with Gasteiger partial charge >= 0.3 is 0 Å². The molecule has 20 heavy (non-hydrogen) atoms. The summed E-state index contributed by atoms with van der Waals surface area (Å²) in [7, 11) is -3.22. The van der Waals surface area contributed by atoms with Crippen molar-refractivity contribution < 1.29 is 13.2 Å². The van der Waals surface area contributed by atoms with E-state index in [0.29, 0.717) is 12.1 Å². The third-order valence-electron chi connectivity index (χ3n) is 2.90. The van der Waals surface area contributed by atoms with Crippen LogP contribution in [-0.4, -0.2) is 24.9 Å². The zero-order chi connectivity index (χ0) is 15.0. The van der Waals surface area contributed by atoms with Crippen molar-refractivity contribution in [2.75, 3.05) is 11.6 Å². The number of carbonyl (C=O) groups excluding carboxylic acids is 1. The number of carbonyl (C=O) groups is 1. The molecular weight excluding hydrogens is 323 g/mol. The van der Waals surface area contributed by atoms with Crippen LogP contribution in [0.15, 0.2) is 24.3 Å². The molecule has 0 heterocycles. The second kappa shape index (κ2) is 5.52. The van der Waals surface area contributed by atoms with Crippen LogP contribution in [0.1, 0.15) is 12.0 Å². The highest BCUT2D eigenvalue weighted by Crippen LogP contribution is 2.53. The third kappa shape index (κ3) is 4.34. The average Bonchev–Trinajstić information content (AvgIpc) is 2.97. The molecule has 0 unspecified atom stereocenters. The van der Waals surface area contributed by atoms with Crippen LogP contribution < -0.4 is 10.0 Å². The van der Waals surface area contributed by atoms with E-state index in [4.69, 9.17) is 23.2 Å². The number of hydrogen-bond acceptors (Lipinski definition) is 3. The van der Waals surface area contributed by atoms with Gasteiger partial charge < -0.3 is 5.32 Å². The van der Waals surface area contributed by atoms with Crippen LogP contribution in [0.4, 0.5) is 5.69 Å². The average molecular weight is 337 g/mol. The normalized spacial score (nSPS) is 20.4. The van der Waals surface area contributed by atoms with E-state index >= 15 is 0 Å². The predicted molar refractivity (Wildman–Crippen MR) is 79.3 cm³/mol. The van der Waals surface area contributed by atoms with Crippen molar-refractivity contribution in [2.45, 2.75) is 17.3 Å². The monoisotopic (exact) mass is 336 g/mol. The van der Waals surface area contributed by atoms with Gasteiger partial charge in [0.2, 0.25) is 15.9 Å². The van der Waals surface area contributed by atoms with Crippen LogP contribution in [0, 0.1) is 5.92 Å². The van der Waals surface area contributed by atoms with Gasteiger partial charge in [0.15, 0.2) is 0 Å². The maximum atomic E-state index is 11.8. The van der Waals surface area contributed by atoms with Crippen molar-refractivity contribution in [1.82, 2.24) is 4.72 Å². The maximum Gasteiger partial charge on any atom is 0.230 e. The Morgan fingerprint density at radius 3 is 2.35 bits per heavy atom. The summed E-state index contributed by atoms with van der Waals surface area (Å²) in [6.45, 7) is 0.210. The van der Waals surface area contributed by atoms with E-state index in [1.54, 1.807) is 24.3 Å². The number of hydrogen-bond donors (Lipinski definition) is 2. The van der Waals surface area contributed by atoms with Crippen molar-refractivity contribution >= 4 is 44.8 Å². The Morgan fingerprint density at radius 2 is 1.90 bits per heavy atom. The van der Waals surface area contributed by atoms with Crippen LogP contribution in [0.3, 0.4) is 0 Å². The van der Waals surface area contributed by atoms with Gasteiger partial charge in [-0.05, 0) is 24.1 Å². The first-order chi connectivity index (χ1) is 9.17. The molecule has 0 spiro atoms. The molecule has 110 valence electrons. The van der Waals surface area contributed by atoms with Crippen LogP contribution in [0.25, 0.3) is 0 Å². The molecule has 0 aliphatic heterocycles. The molecule has 5 nitrogen and oxygen atoms in total. The van der Waals surface area contributed by atoms with Crippen LogP contribution >= 0.6 is 23.2 Å². The van der Waals surface area contributed by atoms with E-state index < -0.39 is 14.4 Å². The quantitative estimate of drug-likeness (QED) is 0.806. The van der Waals surface area contributed by atoms with E-state index in [9.17, 15) is 13.2 Å². The van der Waals surface area contributed by atoms with Crippen molar-refractivity contribution in [1.29, 1.82) is 0 Å². The number of halogens is 2. The third-order valence-corrected chi connectivity index (χ3v) is 4.41. The standard InChI is InChI=1S/C12H14Cl2N2O3S/c1-20(18,19)15-7-8-2-4-9(5-3-8)16-11(17)10-6-12(10,13)14/h2-5,10,15H,6-7H2,1H3,(H,16,17)/t10-/m1/s1. The molecule has 1 atom stereocenters. The van der Waals surface area contributed by atoms with Crippen LogP contribution in [-0.2, 0) is 21.4 Å². The lowest BCUT2D eigenvalue weighted by atomic mass is 10.2. The van der Waals surface area contributed by atoms with Gasteiger partial charge in [-0.15, -0.1) is 23.2 Å². The zero-order valence-electron chi connectivity index (χ0n) is 10.7. The van der Waals surface area contributed by atoms with Crippen LogP contribution in [0.5, 0.6) is 0 Å². The summed E-state index contributed by atoms with van der Waals surface area (Å²) < 4.78 is 23.4. The van der Waals surface area contributed by atoms with Gasteiger partial charge in [0.05, 0.1) is 12.2 Å². The van der Waals surface area contributed by atoms with E-state index in [0.717, 1.165) is 11.8 Å². The smallest absolute Gasteiger partial charge is 0.230 e. The minimum Gasteiger partial charge on any atom is -0.326 e. The van der Waals surface area contributed by atoms with Gasteiger partial charge in [-0.25, -0.2) is 13.1 Å². The lowest BCUT2D eigenvalue weighted by Crippen LogP contribution is -2.21. The van der Waals surface area contributed by atoms with E-state index in [-0.39, 0.29) is 18.4 Å². The Morgan fingerprint density at radius 1 is 1.35 bits per heavy atom. The van der Waals surface area contributed by atoms with Gasteiger partial charge in [-0.1, -0.05) is 12.1 Å². The molecule has 1 aromatic carbocycles. The number of amides is 1. The lowest BCUT2D eigenvalue weighted by molar-refractivity contribution is -0.117. The number of anilines is 1. The number of nitrogens with one attached hydrogen (secondary N) is 2. The molecule has 8 heteroatoms. The molecule has 0 bridgehead atoms. The maximum absolute atomic E-state index is 11.8. The Hall–Kier alpha value is -0.820. The van der Waals surface area contributed by atoms with Crippen molar-refractivity contribution in [3.8, 4) is 0 Å².